The topological polar surface area (TPSA) is 105 Å². The first-order valence-corrected chi connectivity index (χ1v) is 8.42. The Balaban J connectivity index is 1.73. The lowest BCUT2D eigenvalue weighted by Crippen LogP contribution is -2.27. The molecule has 0 bridgehead atoms. The Bertz CT molecular complexity index is 1090. The summed E-state index contributed by atoms with van der Waals surface area (Å²) < 4.78 is 16.0. The SMILES string of the molecule is CNc1cc(Nc2cccn(C)c2=O)nc2c(C(=O)NC3C[C@@H]3F)cnn12. The van der Waals surface area contributed by atoms with Crippen molar-refractivity contribution in [2.24, 2.45) is 7.05 Å². The van der Waals surface area contributed by atoms with Gasteiger partial charge in [-0.25, -0.2) is 9.37 Å². The van der Waals surface area contributed by atoms with Crippen LogP contribution in [0.3, 0.4) is 0 Å². The number of nitrogens with zero attached hydrogens (tertiary/aromatic N) is 4. The molecule has 27 heavy (non-hydrogen) atoms. The summed E-state index contributed by atoms with van der Waals surface area (Å²) in [7, 11) is 3.36. The van der Waals surface area contributed by atoms with Crippen molar-refractivity contribution in [3.63, 3.8) is 0 Å². The van der Waals surface area contributed by atoms with Crippen LogP contribution >= 0.6 is 0 Å². The summed E-state index contributed by atoms with van der Waals surface area (Å²) in [6.07, 6.45) is 2.37. The number of aryl methyl sites for hydroxylation is 1. The number of aromatic nitrogens is 4. The van der Waals surface area contributed by atoms with Crippen LogP contribution in [0.2, 0.25) is 0 Å². The number of hydrogen-bond donors (Lipinski definition) is 3. The second kappa shape index (κ2) is 6.38. The Morgan fingerprint density at radius 2 is 2.19 bits per heavy atom. The highest BCUT2D eigenvalue weighted by atomic mass is 19.1. The van der Waals surface area contributed by atoms with Crippen LogP contribution in [0.1, 0.15) is 16.8 Å². The number of hydrogen-bond acceptors (Lipinski definition) is 6. The molecule has 0 radical (unpaired) electrons. The molecule has 0 aliphatic heterocycles. The Labute approximate surface area is 153 Å². The number of anilines is 3. The first kappa shape index (κ1) is 17.0. The number of pyridine rings is 1. The molecule has 1 saturated carbocycles. The summed E-state index contributed by atoms with van der Waals surface area (Å²) in [6.45, 7) is 0. The summed E-state index contributed by atoms with van der Waals surface area (Å²) in [4.78, 5) is 29.1. The minimum absolute atomic E-state index is 0.209. The van der Waals surface area contributed by atoms with Gasteiger partial charge in [0.2, 0.25) is 0 Å². The minimum atomic E-state index is -0.997. The Kier molecular flexibility index (Phi) is 4.02. The molecule has 0 spiro atoms. The number of fused-ring (bicyclic) bond motifs is 1. The molecule has 3 N–H and O–H groups in total. The maximum absolute atomic E-state index is 13.1. The normalized spacial score (nSPS) is 18.3. The summed E-state index contributed by atoms with van der Waals surface area (Å²) >= 11 is 0. The summed E-state index contributed by atoms with van der Waals surface area (Å²) in [5.41, 5.74) is 0.669. The van der Waals surface area contributed by atoms with Gasteiger partial charge >= 0.3 is 0 Å². The second-order valence-electron chi connectivity index (χ2n) is 6.36. The van der Waals surface area contributed by atoms with Gasteiger partial charge in [0.25, 0.3) is 11.5 Å². The molecular weight excluding hydrogens is 353 g/mol. The van der Waals surface area contributed by atoms with Gasteiger partial charge in [0.1, 0.15) is 29.1 Å². The lowest BCUT2D eigenvalue weighted by Gasteiger charge is -2.10. The standard InChI is InChI=1S/C17H18FN7O2/c1-19-14-7-13(21-11-4-3-5-24(2)17(11)27)23-15-9(8-20-25(14)15)16(26)22-12-6-10(12)18/h3-5,7-8,10,12,19H,6H2,1-2H3,(H,21,23)(H,22,26)/t10-,12?/m0/s1. The maximum Gasteiger partial charge on any atom is 0.274 e. The van der Waals surface area contributed by atoms with Crippen molar-refractivity contribution < 1.29 is 9.18 Å². The van der Waals surface area contributed by atoms with Gasteiger partial charge in [0, 0.05) is 32.8 Å². The van der Waals surface area contributed by atoms with Crippen LogP contribution < -0.4 is 21.5 Å². The third kappa shape index (κ3) is 3.09. The second-order valence-corrected chi connectivity index (χ2v) is 6.36. The monoisotopic (exact) mass is 371 g/mol. The lowest BCUT2D eigenvalue weighted by atomic mass is 10.3. The van der Waals surface area contributed by atoms with Crippen molar-refractivity contribution in [1.82, 2.24) is 24.5 Å². The average Bonchev–Trinajstić information content (AvgIpc) is 3.16. The van der Waals surface area contributed by atoms with Gasteiger partial charge in [0.15, 0.2) is 5.65 Å². The fourth-order valence-electron chi connectivity index (χ4n) is 2.76. The molecule has 0 saturated heterocycles. The van der Waals surface area contributed by atoms with E-state index in [9.17, 15) is 14.0 Å². The van der Waals surface area contributed by atoms with Gasteiger partial charge < -0.3 is 20.5 Å². The minimum Gasteiger partial charge on any atom is -0.373 e. The number of alkyl halides is 1. The van der Waals surface area contributed by atoms with Crippen LogP contribution in [0.15, 0.2) is 35.4 Å². The number of carbonyl (C=O) groups is 1. The number of nitrogens with one attached hydrogen (secondary N) is 3. The molecule has 0 aromatic carbocycles. The van der Waals surface area contributed by atoms with Gasteiger partial charge in [-0.05, 0) is 12.1 Å². The molecule has 3 heterocycles. The number of carbonyl (C=O) groups excluding carboxylic acids is 1. The molecule has 1 unspecified atom stereocenters. The quantitative estimate of drug-likeness (QED) is 0.619. The molecule has 140 valence electrons. The van der Waals surface area contributed by atoms with Crippen LogP contribution in [-0.4, -0.2) is 44.3 Å². The zero-order valence-corrected chi connectivity index (χ0v) is 14.7. The fourth-order valence-corrected chi connectivity index (χ4v) is 2.76. The number of halogens is 1. The van der Waals surface area contributed by atoms with Gasteiger partial charge in [0.05, 0.1) is 12.2 Å². The van der Waals surface area contributed by atoms with E-state index in [0.29, 0.717) is 29.4 Å². The molecule has 1 aliphatic carbocycles. The van der Waals surface area contributed by atoms with Gasteiger partial charge in [-0.15, -0.1) is 0 Å². The van der Waals surface area contributed by atoms with Crippen LogP contribution in [0, 0.1) is 0 Å². The number of rotatable bonds is 5. The zero-order chi connectivity index (χ0) is 19.1. The molecule has 1 aliphatic rings. The zero-order valence-electron chi connectivity index (χ0n) is 14.7. The molecule has 1 amide bonds. The summed E-state index contributed by atoms with van der Waals surface area (Å²) in [5, 5.41) is 12.8. The Morgan fingerprint density at radius 1 is 1.41 bits per heavy atom. The van der Waals surface area contributed by atoms with E-state index in [1.807, 2.05) is 0 Å². The van der Waals surface area contributed by atoms with E-state index in [4.69, 9.17) is 0 Å². The lowest BCUT2D eigenvalue weighted by molar-refractivity contribution is 0.0949. The van der Waals surface area contributed by atoms with Gasteiger partial charge in [-0.2, -0.15) is 9.61 Å². The molecule has 2 atom stereocenters. The van der Waals surface area contributed by atoms with E-state index in [-0.39, 0.29) is 11.1 Å². The predicted octanol–water partition coefficient (Wildman–Crippen LogP) is 1.05. The molecule has 3 aromatic rings. The van der Waals surface area contributed by atoms with Crippen molar-refractivity contribution in [2.75, 3.05) is 17.7 Å². The largest absolute Gasteiger partial charge is 0.373 e. The van der Waals surface area contributed by atoms with Crippen molar-refractivity contribution in [3.05, 3.63) is 46.5 Å². The smallest absolute Gasteiger partial charge is 0.274 e. The van der Waals surface area contributed by atoms with Crippen molar-refractivity contribution in [1.29, 1.82) is 0 Å². The highest BCUT2D eigenvalue weighted by molar-refractivity contribution is 6.00. The van der Waals surface area contributed by atoms with E-state index >= 15 is 0 Å². The van der Waals surface area contributed by atoms with Crippen LogP contribution in [-0.2, 0) is 7.05 Å². The van der Waals surface area contributed by atoms with Crippen molar-refractivity contribution >= 4 is 28.9 Å². The van der Waals surface area contributed by atoms with E-state index in [2.05, 4.69) is 26.0 Å². The highest BCUT2D eigenvalue weighted by Gasteiger charge is 2.39. The first-order chi connectivity index (χ1) is 13.0. The molecule has 3 aromatic heterocycles. The maximum atomic E-state index is 13.1. The molecule has 10 heteroatoms. The fraction of sp³-hybridized carbons (Fsp3) is 0.294. The third-order valence-electron chi connectivity index (χ3n) is 4.39. The van der Waals surface area contributed by atoms with Crippen LogP contribution in [0.5, 0.6) is 0 Å². The predicted molar refractivity (Wildman–Crippen MR) is 98.3 cm³/mol. The van der Waals surface area contributed by atoms with E-state index < -0.39 is 18.1 Å². The van der Waals surface area contributed by atoms with Gasteiger partial charge in [-0.1, -0.05) is 0 Å². The first-order valence-electron chi connectivity index (χ1n) is 8.42. The molecule has 1 fully saturated rings. The summed E-state index contributed by atoms with van der Waals surface area (Å²) in [5.74, 6) is 0.515. The van der Waals surface area contributed by atoms with Crippen LogP contribution in [0.4, 0.5) is 21.7 Å². The molecular formula is C17H18FN7O2. The summed E-state index contributed by atoms with van der Waals surface area (Å²) in [6, 6.07) is 4.60. The van der Waals surface area contributed by atoms with Crippen molar-refractivity contribution in [3.8, 4) is 0 Å². The molecule has 4 rings (SSSR count). The Hall–Kier alpha value is -3.43. The Morgan fingerprint density at radius 3 is 2.89 bits per heavy atom. The van der Waals surface area contributed by atoms with E-state index in [1.54, 1.807) is 38.5 Å². The van der Waals surface area contributed by atoms with Crippen LogP contribution in [0.25, 0.3) is 5.65 Å². The number of amides is 1. The van der Waals surface area contributed by atoms with Gasteiger partial charge in [-0.3, -0.25) is 9.59 Å². The molecule has 9 nitrogen and oxygen atoms in total. The van der Waals surface area contributed by atoms with Crippen molar-refractivity contribution in [2.45, 2.75) is 18.6 Å². The third-order valence-corrected chi connectivity index (χ3v) is 4.39. The van der Waals surface area contributed by atoms with E-state index in [0.717, 1.165) is 0 Å². The highest BCUT2D eigenvalue weighted by Crippen LogP contribution is 2.26. The van der Waals surface area contributed by atoms with E-state index in [1.165, 1.54) is 15.3 Å². The average molecular weight is 371 g/mol.